The Labute approximate surface area is 145 Å². The van der Waals surface area contributed by atoms with Crippen LogP contribution in [-0.4, -0.2) is 72.5 Å². The summed E-state index contributed by atoms with van der Waals surface area (Å²) in [5.41, 5.74) is 0.820. The molecule has 1 unspecified atom stereocenters. The Kier molecular flexibility index (Phi) is 6.58. The molecule has 1 heterocycles. The average molecular weight is 351 g/mol. The predicted molar refractivity (Wildman–Crippen MR) is 86.7 cm³/mol. The van der Waals surface area contributed by atoms with Crippen LogP contribution in [0.3, 0.4) is 0 Å². The normalized spacial score (nSPS) is 17.1. The Morgan fingerprint density at radius 3 is 2.60 bits per heavy atom. The van der Waals surface area contributed by atoms with Gasteiger partial charge in [-0.05, 0) is 5.56 Å². The molecule has 1 aromatic carbocycles. The summed E-state index contributed by atoms with van der Waals surface area (Å²) in [7, 11) is 1.41. The first-order valence-electron chi connectivity index (χ1n) is 7.74. The number of piperazine rings is 1. The van der Waals surface area contributed by atoms with E-state index in [1.807, 2.05) is 30.3 Å². The summed E-state index contributed by atoms with van der Waals surface area (Å²) in [6.45, 7) is 0.112. The summed E-state index contributed by atoms with van der Waals surface area (Å²) < 4.78 is 10.0. The van der Waals surface area contributed by atoms with Gasteiger partial charge in [0, 0.05) is 20.2 Å². The van der Waals surface area contributed by atoms with Gasteiger partial charge in [-0.2, -0.15) is 0 Å². The average Bonchev–Trinajstić information content (AvgIpc) is 2.64. The fourth-order valence-electron chi connectivity index (χ4n) is 2.46. The Balaban J connectivity index is 2.02. The molecule has 3 amide bonds. The van der Waals surface area contributed by atoms with E-state index < -0.39 is 24.1 Å². The summed E-state index contributed by atoms with van der Waals surface area (Å²) >= 11 is 0. The molecule has 9 nitrogen and oxygen atoms in total. The number of benzene rings is 1. The van der Waals surface area contributed by atoms with Crippen LogP contribution in [0.1, 0.15) is 5.56 Å². The van der Waals surface area contributed by atoms with E-state index in [4.69, 9.17) is 14.6 Å². The van der Waals surface area contributed by atoms with Crippen molar-refractivity contribution in [3.63, 3.8) is 0 Å². The Hall–Kier alpha value is -2.81. The number of nitrogens with one attached hydrogen (secondary N) is 1. The van der Waals surface area contributed by atoms with Crippen molar-refractivity contribution in [2.75, 3.05) is 33.5 Å². The molecule has 0 saturated carbocycles. The second-order valence-corrected chi connectivity index (χ2v) is 5.45. The van der Waals surface area contributed by atoms with Gasteiger partial charge in [-0.3, -0.25) is 9.69 Å². The van der Waals surface area contributed by atoms with Crippen molar-refractivity contribution < 1.29 is 29.0 Å². The quantitative estimate of drug-likeness (QED) is 0.756. The third-order valence-electron chi connectivity index (χ3n) is 3.78. The van der Waals surface area contributed by atoms with Crippen LogP contribution in [0.4, 0.5) is 9.59 Å². The van der Waals surface area contributed by atoms with Gasteiger partial charge in [-0.15, -0.1) is 0 Å². The molecule has 1 aliphatic heterocycles. The zero-order valence-electron chi connectivity index (χ0n) is 13.9. The minimum absolute atomic E-state index is 0.0324. The van der Waals surface area contributed by atoms with E-state index in [0.717, 1.165) is 10.5 Å². The van der Waals surface area contributed by atoms with E-state index in [0.29, 0.717) is 0 Å². The second kappa shape index (κ2) is 8.88. The third kappa shape index (κ3) is 5.08. The van der Waals surface area contributed by atoms with Gasteiger partial charge >= 0.3 is 12.2 Å². The topological polar surface area (TPSA) is 108 Å². The molecule has 1 aromatic rings. The lowest BCUT2D eigenvalue weighted by molar-refractivity contribution is -0.129. The van der Waals surface area contributed by atoms with Crippen LogP contribution in [0.25, 0.3) is 0 Å². The smallest absolute Gasteiger partial charge is 0.410 e. The predicted octanol–water partition coefficient (Wildman–Crippen LogP) is 0.708. The number of carbonyl (C=O) groups is 3. The summed E-state index contributed by atoms with van der Waals surface area (Å²) in [5.74, 6) is -0.496. The lowest BCUT2D eigenvalue weighted by atomic mass is 10.1. The zero-order valence-corrected chi connectivity index (χ0v) is 13.9. The van der Waals surface area contributed by atoms with Gasteiger partial charge in [0.25, 0.3) is 0 Å². The summed E-state index contributed by atoms with van der Waals surface area (Å²) in [4.78, 5) is 38.1. The molecule has 0 spiro atoms. The van der Waals surface area contributed by atoms with Crippen LogP contribution in [0, 0.1) is 0 Å². The van der Waals surface area contributed by atoms with E-state index in [9.17, 15) is 14.4 Å². The molecule has 2 rings (SSSR count). The molecule has 0 radical (unpaired) electrons. The Morgan fingerprint density at radius 2 is 1.96 bits per heavy atom. The first kappa shape index (κ1) is 18.5. The van der Waals surface area contributed by atoms with Gasteiger partial charge in [0.05, 0.1) is 6.54 Å². The number of carbonyl (C=O) groups excluding carboxylic acids is 2. The van der Waals surface area contributed by atoms with Gasteiger partial charge in [0.15, 0.2) is 0 Å². The van der Waals surface area contributed by atoms with Crippen LogP contribution >= 0.6 is 0 Å². The van der Waals surface area contributed by atoms with E-state index in [1.165, 1.54) is 12.0 Å². The minimum atomic E-state index is -1.14. The molecule has 0 aliphatic carbocycles. The number of ether oxygens (including phenoxy) is 2. The number of nitrogens with zero attached hydrogens (tertiary/aromatic N) is 2. The molecule has 1 fully saturated rings. The van der Waals surface area contributed by atoms with Gasteiger partial charge in [-0.1, -0.05) is 30.3 Å². The van der Waals surface area contributed by atoms with Crippen molar-refractivity contribution in [1.82, 2.24) is 15.1 Å². The molecule has 0 aromatic heterocycles. The van der Waals surface area contributed by atoms with Gasteiger partial charge in [0.1, 0.15) is 19.4 Å². The van der Waals surface area contributed by atoms with Gasteiger partial charge in [-0.25, -0.2) is 9.59 Å². The van der Waals surface area contributed by atoms with Crippen molar-refractivity contribution in [2.24, 2.45) is 0 Å². The van der Waals surface area contributed by atoms with Crippen LogP contribution in [0.15, 0.2) is 30.3 Å². The lowest BCUT2D eigenvalue weighted by Crippen LogP contribution is -2.61. The highest BCUT2D eigenvalue weighted by atomic mass is 16.6. The maximum Gasteiger partial charge on any atom is 0.410 e. The molecule has 0 bridgehead atoms. The summed E-state index contributed by atoms with van der Waals surface area (Å²) in [6, 6.07) is 8.18. The van der Waals surface area contributed by atoms with Crippen molar-refractivity contribution >= 4 is 18.1 Å². The van der Waals surface area contributed by atoms with Crippen LogP contribution < -0.4 is 5.32 Å². The molecule has 136 valence electrons. The van der Waals surface area contributed by atoms with Crippen molar-refractivity contribution in [1.29, 1.82) is 0 Å². The number of hydrogen-bond acceptors (Lipinski definition) is 5. The first-order chi connectivity index (χ1) is 12.0. The van der Waals surface area contributed by atoms with Crippen molar-refractivity contribution in [3.8, 4) is 0 Å². The SMILES string of the molecule is COCNC(=O)C1CN(C(=O)O)CCN1C(=O)OCc1ccccc1. The number of hydrogen-bond donors (Lipinski definition) is 2. The molecule has 1 atom stereocenters. The largest absolute Gasteiger partial charge is 0.465 e. The summed E-state index contributed by atoms with van der Waals surface area (Å²) in [6.07, 6.45) is -1.80. The molecule has 25 heavy (non-hydrogen) atoms. The fraction of sp³-hybridized carbons (Fsp3) is 0.438. The third-order valence-corrected chi connectivity index (χ3v) is 3.78. The highest BCUT2D eigenvalue weighted by molar-refractivity contribution is 5.86. The van der Waals surface area contributed by atoms with E-state index in [1.54, 1.807) is 0 Å². The highest BCUT2D eigenvalue weighted by Crippen LogP contribution is 2.13. The molecule has 2 N–H and O–H groups in total. The van der Waals surface area contributed by atoms with Gasteiger partial charge in [0.2, 0.25) is 5.91 Å². The highest BCUT2D eigenvalue weighted by Gasteiger charge is 2.37. The molecule has 1 saturated heterocycles. The van der Waals surface area contributed by atoms with E-state index in [2.05, 4.69) is 5.32 Å². The molecular weight excluding hydrogens is 330 g/mol. The Bertz CT molecular complexity index is 609. The van der Waals surface area contributed by atoms with E-state index >= 15 is 0 Å². The Morgan fingerprint density at radius 1 is 1.24 bits per heavy atom. The zero-order chi connectivity index (χ0) is 18.2. The summed E-state index contributed by atoms with van der Waals surface area (Å²) in [5, 5.41) is 11.6. The lowest BCUT2D eigenvalue weighted by Gasteiger charge is -2.38. The standard InChI is InChI=1S/C16H21N3O6/c1-24-11-17-14(20)13-9-18(15(21)22)7-8-19(13)16(23)25-10-12-5-3-2-4-6-12/h2-6,13H,7-11H2,1H3,(H,17,20)(H,21,22). The van der Waals surface area contributed by atoms with E-state index in [-0.39, 0.29) is 33.0 Å². The maximum absolute atomic E-state index is 12.4. The van der Waals surface area contributed by atoms with Gasteiger partial charge < -0.3 is 24.8 Å². The van der Waals surface area contributed by atoms with Crippen molar-refractivity contribution in [2.45, 2.75) is 12.6 Å². The molecule has 9 heteroatoms. The van der Waals surface area contributed by atoms with Crippen molar-refractivity contribution in [3.05, 3.63) is 35.9 Å². The maximum atomic E-state index is 12.4. The fourth-order valence-corrected chi connectivity index (χ4v) is 2.46. The monoisotopic (exact) mass is 351 g/mol. The van der Waals surface area contributed by atoms with Crippen LogP contribution in [0.2, 0.25) is 0 Å². The second-order valence-electron chi connectivity index (χ2n) is 5.45. The van der Waals surface area contributed by atoms with Crippen LogP contribution in [0.5, 0.6) is 0 Å². The van der Waals surface area contributed by atoms with Crippen LogP contribution in [-0.2, 0) is 20.9 Å². The number of carboxylic acid groups (broad SMARTS) is 1. The molecule has 1 aliphatic rings. The number of amides is 3. The minimum Gasteiger partial charge on any atom is -0.465 e. The first-order valence-corrected chi connectivity index (χ1v) is 7.74. The molecular formula is C16H21N3O6. The number of rotatable bonds is 5. The number of methoxy groups -OCH3 is 1.